The van der Waals surface area contributed by atoms with Crippen molar-refractivity contribution in [3.05, 3.63) is 87.7 Å². The topological polar surface area (TPSA) is 132 Å². The van der Waals surface area contributed by atoms with E-state index in [2.05, 4.69) is 31.5 Å². The molecule has 1 aliphatic carbocycles. The highest BCUT2D eigenvalue weighted by molar-refractivity contribution is 6.31. The number of hydrogen-bond donors (Lipinski definition) is 5. The van der Waals surface area contributed by atoms with Crippen LogP contribution < -0.4 is 31.5 Å². The molecule has 3 aromatic carbocycles. The number of hydrogen-bond acceptors (Lipinski definition) is 7. The molecule has 4 heterocycles. The summed E-state index contributed by atoms with van der Waals surface area (Å²) in [6, 6.07) is 16.5. The van der Waals surface area contributed by atoms with Gasteiger partial charge < -0.3 is 20.9 Å². The number of benzene rings is 3. The molecule has 3 aromatic rings. The molecule has 1 saturated carbocycles. The van der Waals surface area contributed by atoms with Crippen molar-refractivity contribution in [2.45, 2.75) is 92.8 Å². The van der Waals surface area contributed by atoms with Crippen LogP contribution in [0.3, 0.4) is 0 Å². The van der Waals surface area contributed by atoms with E-state index in [0.29, 0.717) is 62.3 Å². The number of carbonyl (C=O) groups is 4. The average molecular weight is 748 g/mol. The van der Waals surface area contributed by atoms with Gasteiger partial charge in [-0.3, -0.25) is 29.8 Å². The van der Waals surface area contributed by atoms with Gasteiger partial charge in [0.2, 0.25) is 23.6 Å². The summed E-state index contributed by atoms with van der Waals surface area (Å²) in [5, 5.41) is 16.1. The van der Waals surface area contributed by atoms with Crippen molar-refractivity contribution in [2.75, 3.05) is 28.6 Å². The predicted octanol–water partition coefficient (Wildman–Crippen LogP) is 5.78. The Kier molecular flexibility index (Phi) is 9.16. The highest BCUT2D eigenvalue weighted by atomic mass is 35.5. The molecule has 8 rings (SSSR count). The molecule has 10 nitrogen and oxygen atoms in total. The summed E-state index contributed by atoms with van der Waals surface area (Å²) in [5.41, 5.74) is 1.31. The fourth-order valence-electron chi connectivity index (χ4n) is 9.59. The van der Waals surface area contributed by atoms with Crippen molar-refractivity contribution in [1.82, 2.24) is 16.0 Å². The van der Waals surface area contributed by atoms with E-state index >= 15 is 4.39 Å². The lowest BCUT2D eigenvalue weighted by Crippen LogP contribution is -2.60. The van der Waals surface area contributed by atoms with Crippen molar-refractivity contribution in [2.24, 2.45) is 0 Å². The van der Waals surface area contributed by atoms with Gasteiger partial charge in [0, 0.05) is 59.1 Å². The van der Waals surface area contributed by atoms with Crippen LogP contribution in [-0.2, 0) is 24.6 Å². The molecule has 3 saturated heterocycles. The minimum Gasteiger partial charge on any atom is -0.374 e. The van der Waals surface area contributed by atoms with Gasteiger partial charge in [-0.15, -0.1) is 0 Å². The molecular formula is C39H41Cl2FN6O4. The Labute approximate surface area is 311 Å². The Morgan fingerprint density at radius 1 is 0.904 bits per heavy atom. The summed E-state index contributed by atoms with van der Waals surface area (Å²) >= 11 is 12.8. The maximum atomic E-state index is 16.2. The van der Waals surface area contributed by atoms with Crippen LogP contribution in [0, 0.1) is 5.82 Å². The molecule has 4 atom stereocenters. The Bertz CT molecular complexity index is 1930. The number of piperidine rings is 2. The summed E-state index contributed by atoms with van der Waals surface area (Å²) in [7, 11) is 0. The third-order valence-corrected chi connectivity index (χ3v) is 12.5. The van der Waals surface area contributed by atoms with E-state index in [1.807, 2.05) is 30.3 Å². The molecule has 2 spiro atoms. The largest absolute Gasteiger partial charge is 0.374 e. The Balaban J connectivity index is 1.03. The van der Waals surface area contributed by atoms with Crippen molar-refractivity contribution in [1.29, 1.82) is 0 Å². The van der Waals surface area contributed by atoms with Crippen LogP contribution in [-0.4, -0.2) is 60.4 Å². The number of nitrogens with zero attached hydrogens (tertiary/aromatic N) is 1. The van der Waals surface area contributed by atoms with Gasteiger partial charge in [0.15, 0.2) is 0 Å². The van der Waals surface area contributed by atoms with Crippen LogP contribution in [0.25, 0.3) is 0 Å². The van der Waals surface area contributed by atoms with E-state index in [1.165, 1.54) is 6.07 Å². The van der Waals surface area contributed by atoms with E-state index in [4.69, 9.17) is 23.2 Å². The highest BCUT2D eigenvalue weighted by Crippen LogP contribution is 2.62. The van der Waals surface area contributed by atoms with Crippen LogP contribution in [0.2, 0.25) is 10.0 Å². The number of halogens is 3. The van der Waals surface area contributed by atoms with Crippen molar-refractivity contribution < 1.29 is 23.6 Å². The molecule has 272 valence electrons. The summed E-state index contributed by atoms with van der Waals surface area (Å²) < 4.78 is 16.2. The van der Waals surface area contributed by atoms with Gasteiger partial charge in [0.05, 0.1) is 11.1 Å². The van der Waals surface area contributed by atoms with Crippen molar-refractivity contribution in [3.63, 3.8) is 0 Å². The fourth-order valence-corrected chi connectivity index (χ4v) is 9.95. The Morgan fingerprint density at radius 3 is 2.38 bits per heavy atom. The minimum atomic E-state index is -1.27. The number of rotatable bonds is 6. The van der Waals surface area contributed by atoms with Gasteiger partial charge in [0.25, 0.3) is 0 Å². The number of imide groups is 1. The van der Waals surface area contributed by atoms with Crippen LogP contribution in [0.4, 0.5) is 21.5 Å². The Morgan fingerprint density at radius 2 is 1.65 bits per heavy atom. The van der Waals surface area contributed by atoms with Crippen molar-refractivity contribution >= 4 is 63.9 Å². The van der Waals surface area contributed by atoms with Crippen LogP contribution >= 0.6 is 23.2 Å². The molecule has 4 amide bonds. The third-order valence-electron chi connectivity index (χ3n) is 12.0. The molecule has 4 aliphatic heterocycles. The first kappa shape index (κ1) is 34.9. The van der Waals surface area contributed by atoms with Gasteiger partial charge in [-0.25, -0.2) is 4.39 Å². The third kappa shape index (κ3) is 5.81. The van der Waals surface area contributed by atoms with Gasteiger partial charge in [-0.05, 0) is 85.7 Å². The maximum absolute atomic E-state index is 16.2. The van der Waals surface area contributed by atoms with Crippen molar-refractivity contribution in [3.8, 4) is 0 Å². The molecule has 5 N–H and O–H groups in total. The second-order valence-electron chi connectivity index (χ2n) is 14.8. The average Bonchev–Trinajstić information content (AvgIpc) is 3.59. The highest BCUT2D eigenvalue weighted by Gasteiger charge is 2.72. The molecule has 4 fully saturated rings. The zero-order valence-corrected chi connectivity index (χ0v) is 30.1. The first-order valence-electron chi connectivity index (χ1n) is 18.2. The van der Waals surface area contributed by atoms with E-state index in [9.17, 15) is 19.2 Å². The monoisotopic (exact) mass is 746 g/mol. The molecule has 52 heavy (non-hydrogen) atoms. The Hall–Kier alpha value is -4.19. The zero-order chi connectivity index (χ0) is 36.2. The van der Waals surface area contributed by atoms with E-state index in [-0.39, 0.29) is 40.3 Å². The first-order valence-corrected chi connectivity index (χ1v) is 18.9. The standard InChI is InChI=1S/C39H41Cl2FN6O4/c40-22-7-12-27-30(21-22)45-37(52)39(27)32(26-5-4-6-28(41)33(26)42)34(47-38(39)17-2-1-3-18-38)36(51)44-24-15-19-48(20-16-24)25-10-8-23(9-11-25)43-29-13-14-31(49)46-35(29)50/h4-12,21,24,29,32,34,43,47H,1-3,13-20H2,(H,44,51)(H,45,52)(H,46,49,50)/t29?,32-,34+,39+/m0/s1. The second kappa shape index (κ2) is 13.7. The SMILES string of the molecule is O=C1CCC(Nc2ccc(N3CCC(NC(=O)[C@@H]4NC5(CCCCC5)[C@@]5(C(=O)Nc6cc(Cl)ccc65)[C@H]4c4cccc(Cl)c4F)CC3)cc2)C(=O)N1. The predicted molar refractivity (Wildman–Crippen MR) is 198 cm³/mol. The molecule has 0 radical (unpaired) electrons. The van der Waals surface area contributed by atoms with E-state index < -0.39 is 34.8 Å². The molecule has 1 unspecified atom stereocenters. The molecule has 0 bridgehead atoms. The molecular weight excluding hydrogens is 706 g/mol. The first-order chi connectivity index (χ1) is 25.1. The summed E-state index contributed by atoms with van der Waals surface area (Å²) in [6.07, 6.45) is 6.23. The minimum absolute atomic E-state index is 0.0571. The number of carbonyl (C=O) groups excluding carboxylic acids is 4. The molecule has 5 aliphatic rings. The summed E-state index contributed by atoms with van der Waals surface area (Å²) in [4.78, 5) is 55.1. The second-order valence-corrected chi connectivity index (χ2v) is 15.6. The molecule has 0 aromatic heterocycles. The lowest BCUT2D eigenvalue weighted by molar-refractivity contribution is -0.133. The number of amides is 4. The van der Waals surface area contributed by atoms with E-state index in [1.54, 1.807) is 24.3 Å². The lowest BCUT2D eigenvalue weighted by atomic mass is 9.55. The normalized spacial score (nSPS) is 27.0. The van der Waals surface area contributed by atoms with Gasteiger partial charge >= 0.3 is 0 Å². The van der Waals surface area contributed by atoms with Crippen LogP contribution in [0.1, 0.15) is 74.8 Å². The zero-order valence-electron chi connectivity index (χ0n) is 28.6. The molecule has 13 heteroatoms. The quantitative estimate of drug-likeness (QED) is 0.202. The number of anilines is 3. The van der Waals surface area contributed by atoms with Gasteiger partial charge in [0.1, 0.15) is 17.3 Å². The van der Waals surface area contributed by atoms with Gasteiger partial charge in [-0.1, -0.05) is 60.7 Å². The van der Waals surface area contributed by atoms with Crippen LogP contribution in [0.5, 0.6) is 0 Å². The number of nitrogens with one attached hydrogen (secondary N) is 5. The smallest absolute Gasteiger partial charge is 0.249 e. The fraction of sp³-hybridized carbons (Fsp3) is 0.436. The number of fused-ring (bicyclic) bond motifs is 3. The summed E-state index contributed by atoms with van der Waals surface area (Å²) in [6.45, 7) is 1.42. The summed E-state index contributed by atoms with van der Waals surface area (Å²) in [5.74, 6) is -2.58. The maximum Gasteiger partial charge on any atom is 0.249 e. The van der Waals surface area contributed by atoms with Crippen LogP contribution in [0.15, 0.2) is 60.7 Å². The van der Waals surface area contributed by atoms with Gasteiger partial charge in [-0.2, -0.15) is 0 Å². The lowest BCUT2D eigenvalue weighted by Gasteiger charge is -2.47. The van der Waals surface area contributed by atoms with E-state index in [0.717, 1.165) is 36.2 Å².